The first-order chi connectivity index (χ1) is 50.8. The molecule has 2 aliphatic heterocycles. The Balaban J connectivity index is 0.000000455. The highest BCUT2D eigenvalue weighted by molar-refractivity contribution is 6.78. The van der Waals surface area contributed by atoms with Gasteiger partial charge in [-0.1, -0.05) is 158 Å². The van der Waals surface area contributed by atoms with Gasteiger partial charge in [-0.05, 0) is 181 Å². The molecule has 27 heteroatoms. The number of ether oxygens (including phenoxy) is 4. The molecule has 626 valence electrons. The highest BCUT2D eigenvalue weighted by Crippen LogP contribution is 2.55. The number of rotatable bonds is 20. The summed E-state index contributed by atoms with van der Waals surface area (Å²) in [5.41, 5.74) is 2.25. The zero-order valence-electron chi connectivity index (χ0n) is 74.2. The van der Waals surface area contributed by atoms with E-state index >= 15 is 4.79 Å². The number of benzene rings is 6. The van der Waals surface area contributed by atoms with Crippen LogP contribution in [0.3, 0.4) is 0 Å². The monoisotopic (exact) mass is 1680 g/mol. The van der Waals surface area contributed by atoms with Crippen LogP contribution >= 0.6 is 0 Å². The average Bonchev–Trinajstić information content (AvgIpc) is 0.756. The van der Waals surface area contributed by atoms with Crippen molar-refractivity contribution in [2.24, 2.45) is 0 Å². The second-order valence-electron chi connectivity index (χ2n) is 41.4. The molecular formula is C86H134O20Si7. The fourth-order valence-corrected chi connectivity index (χ4v) is 17.6. The molecule has 8 rings (SSSR count). The molecule has 0 radical (unpaired) electrons. The number of aromatic hydroxyl groups is 7. The van der Waals surface area contributed by atoms with Gasteiger partial charge in [-0.15, -0.1) is 0 Å². The molecule has 4 atom stereocenters. The summed E-state index contributed by atoms with van der Waals surface area (Å²) in [7, 11) is -17.3. The largest absolute Gasteiger partial charge is 0.543 e. The number of hydrogen-bond acceptors (Lipinski definition) is 20. The van der Waals surface area contributed by atoms with Crippen LogP contribution in [0.1, 0.15) is 201 Å². The van der Waals surface area contributed by atoms with E-state index in [4.69, 9.17) is 49.9 Å². The van der Waals surface area contributed by atoms with Crippen molar-refractivity contribution >= 4 is 70.2 Å². The lowest BCUT2D eigenvalue weighted by molar-refractivity contribution is -0.0191. The Labute approximate surface area is 681 Å². The van der Waals surface area contributed by atoms with Crippen LogP contribution < -0.4 is 40.5 Å². The minimum absolute atomic E-state index is 0.0461. The third kappa shape index (κ3) is 21.1. The molecule has 2 aliphatic rings. The van der Waals surface area contributed by atoms with Gasteiger partial charge < -0.3 is 85.7 Å². The van der Waals surface area contributed by atoms with E-state index in [0.29, 0.717) is 63.5 Å². The van der Waals surface area contributed by atoms with E-state index in [0.717, 1.165) is 29.3 Å². The maximum Gasteiger partial charge on any atom is 0.338 e. The summed E-state index contributed by atoms with van der Waals surface area (Å²) < 4.78 is 76.7. The second-order valence-corrected chi connectivity index (χ2v) is 74.4. The number of fused-ring (bicyclic) bond motifs is 2. The summed E-state index contributed by atoms with van der Waals surface area (Å²) >= 11 is 0. The quantitative estimate of drug-likeness (QED) is 0.0212. The molecule has 0 amide bonds. The Morgan fingerprint density at radius 3 is 1.09 bits per heavy atom. The minimum atomic E-state index is -2.56. The van der Waals surface area contributed by atoms with Crippen LogP contribution in [0.2, 0.25) is 127 Å². The molecule has 0 spiro atoms. The van der Waals surface area contributed by atoms with E-state index in [1.807, 2.05) is 24.3 Å². The van der Waals surface area contributed by atoms with Gasteiger partial charge in [0.1, 0.15) is 69.7 Å². The Hall–Kier alpha value is -7.42. The van der Waals surface area contributed by atoms with E-state index in [1.54, 1.807) is 0 Å². The summed E-state index contributed by atoms with van der Waals surface area (Å²) in [6, 6.07) is 22.0. The van der Waals surface area contributed by atoms with Crippen molar-refractivity contribution in [2.45, 2.75) is 310 Å². The lowest BCUT2D eigenvalue weighted by atomic mass is 9.93. The van der Waals surface area contributed by atoms with Gasteiger partial charge in [0.05, 0.1) is 11.1 Å². The van der Waals surface area contributed by atoms with Crippen LogP contribution in [-0.2, 0) is 22.3 Å². The summed E-state index contributed by atoms with van der Waals surface area (Å²) in [5.74, 6) is -0.0128. The predicted molar refractivity (Wildman–Crippen MR) is 468 cm³/mol. The van der Waals surface area contributed by atoms with E-state index in [2.05, 4.69) is 255 Å². The van der Waals surface area contributed by atoms with Gasteiger partial charge in [0, 0.05) is 53.8 Å². The molecule has 6 aromatic carbocycles. The molecule has 2 heterocycles. The molecule has 0 saturated carbocycles. The standard InChI is InChI=1S/C64H116O10Si7.C22H18O10/c1-58(2,3)75(22,23)68-46-41-49-47(50(42-46)70-77(26,27)60(7,8)9)43-52(55(66-49)44-36-37-48(69-76(24,25)59(4,5)6)51(38-44)71-78(28,29)61(10,11)12)67-57(65)45-39-53(72-79(30,31)62(13,14)15)56(74-81(34,35)64(19,20)21)54(40-45)73-80(32,33)63(16,17)18;23-11-6-14(25)12-8-19(32-22(30)10-4-16(27)20(29)17(28)5-10)21(31-18(12)7-11)9-1-2-13(24)15(26)3-9/h36-42,52,55H,43H2,1-35H3;1-7,19,21,23-29H,8H2/t52-,55-;19-,21-/m11/s1. The summed E-state index contributed by atoms with van der Waals surface area (Å²) in [6.45, 7) is 78.5. The van der Waals surface area contributed by atoms with Crippen LogP contribution in [0, 0.1) is 0 Å². The summed E-state index contributed by atoms with van der Waals surface area (Å²) in [4.78, 5) is 28.4. The van der Waals surface area contributed by atoms with Crippen molar-refractivity contribution in [1.82, 2.24) is 0 Å². The van der Waals surface area contributed by atoms with E-state index in [-0.39, 0.29) is 75.8 Å². The van der Waals surface area contributed by atoms with Crippen LogP contribution in [-0.4, -0.2) is 118 Å². The van der Waals surface area contributed by atoms with Gasteiger partial charge in [0.15, 0.2) is 46.7 Å². The number of carbonyl (C=O) groups excluding carboxylic acids is 2. The Kier molecular flexibility index (Phi) is 26.2. The Bertz CT molecular complexity index is 4400. The Morgan fingerprint density at radius 1 is 0.327 bits per heavy atom. The van der Waals surface area contributed by atoms with Crippen molar-refractivity contribution in [1.29, 1.82) is 0 Å². The first-order valence-electron chi connectivity index (χ1n) is 39.2. The zero-order valence-corrected chi connectivity index (χ0v) is 81.2. The fourth-order valence-electron chi connectivity index (χ4n) is 10.5. The molecule has 0 aliphatic carbocycles. The molecular weight excluding hydrogens is 1550 g/mol. The SMILES string of the molecule is CC(C)(C)[Si](C)(C)Oc1cc2c(c(O[Si](C)(C)C(C)(C)C)c1)C[C@@H](OC(=O)c1cc(O[Si](C)(C)C(C)(C)C)c(O[Si](C)(C)C(C)(C)C)c(O[Si](C)(C)C(C)(C)C)c1)[C@@H](c1ccc(O[Si](C)(C)C(C)(C)C)c(O[Si](C)(C)C(C)(C)C)c1)O2.O=C(O[C@@H]1Cc2c(O)cc(O)cc2O[C@@H]1c1ccc(O)c(O)c1)c1cc(O)c(O)c(O)c1. The van der Waals surface area contributed by atoms with Crippen molar-refractivity contribution < 1.29 is 95.3 Å². The van der Waals surface area contributed by atoms with Crippen molar-refractivity contribution in [3.8, 4) is 92.0 Å². The van der Waals surface area contributed by atoms with Crippen LogP contribution in [0.5, 0.6) is 92.0 Å². The first-order valence-corrected chi connectivity index (χ1v) is 59.6. The average molecular weight is 1680 g/mol. The normalized spacial score (nSPS) is 17.0. The van der Waals surface area contributed by atoms with Crippen LogP contribution in [0.15, 0.2) is 84.9 Å². The van der Waals surface area contributed by atoms with E-state index < -0.39 is 118 Å². The molecule has 0 saturated heterocycles. The molecule has 0 unspecified atom stereocenters. The third-order valence-electron chi connectivity index (χ3n) is 25.2. The maximum atomic E-state index is 15.7. The predicted octanol–water partition coefficient (Wildman–Crippen LogP) is 23.8. The second kappa shape index (κ2) is 31.9. The topological polar surface area (TPSA) is 277 Å². The number of esters is 2. The van der Waals surface area contributed by atoms with Gasteiger partial charge in [-0.3, -0.25) is 0 Å². The number of phenolic OH excluding ortho intramolecular Hbond substituents is 7. The van der Waals surface area contributed by atoms with Gasteiger partial charge >= 0.3 is 11.9 Å². The minimum Gasteiger partial charge on any atom is -0.543 e. The van der Waals surface area contributed by atoms with Gasteiger partial charge in [0.25, 0.3) is 41.6 Å². The third-order valence-corrected chi connectivity index (χ3v) is 55.6. The van der Waals surface area contributed by atoms with Crippen molar-refractivity contribution in [2.75, 3.05) is 0 Å². The van der Waals surface area contributed by atoms with E-state index in [1.165, 1.54) is 24.3 Å². The maximum absolute atomic E-state index is 15.7. The number of hydrogen-bond donors (Lipinski definition) is 7. The van der Waals surface area contributed by atoms with Crippen molar-refractivity contribution in [3.05, 3.63) is 118 Å². The zero-order chi connectivity index (χ0) is 86.3. The summed E-state index contributed by atoms with van der Waals surface area (Å²) in [6.07, 6.45) is -3.46. The highest BCUT2D eigenvalue weighted by atomic mass is 28.4. The molecule has 0 bridgehead atoms. The molecule has 20 nitrogen and oxygen atoms in total. The smallest absolute Gasteiger partial charge is 0.338 e. The molecule has 6 aromatic rings. The Morgan fingerprint density at radius 2 is 0.673 bits per heavy atom. The van der Waals surface area contributed by atoms with Gasteiger partial charge in [-0.25, -0.2) is 9.59 Å². The summed E-state index contributed by atoms with van der Waals surface area (Å²) in [5, 5.41) is 67.4. The molecule has 0 aromatic heterocycles. The number of phenols is 7. The number of carbonyl (C=O) groups is 2. The lowest BCUT2D eigenvalue weighted by Gasteiger charge is -2.42. The lowest BCUT2D eigenvalue weighted by Crippen LogP contribution is -2.47. The van der Waals surface area contributed by atoms with Crippen molar-refractivity contribution in [3.63, 3.8) is 0 Å². The first kappa shape index (κ1) is 92.7. The molecule has 113 heavy (non-hydrogen) atoms. The van der Waals surface area contributed by atoms with Gasteiger partial charge in [0.2, 0.25) is 16.6 Å². The van der Waals surface area contributed by atoms with Crippen LogP contribution in [0.25, 0.3) is 0 Å². The highest BCUT2D eigenvalue weighted by Gasteiger charge is 2.50. The van der Waals surface area contributed by atoms with Gasteiger partial charge in [-0.2, -0.15) is 0 Å². The van der Waals surface area contributed by atoms with E-state index in [9.17, 15) is 40.5 Å². The molecule has 7 N–H and O–H groups in total. The fraction of sp³-hybridized carbons (Fsp3) is 0.558. The molecule has 0 fully saturated rings. The van der Waals surface area contributed by atoms with Crippen LogP contribution in [0.4, 0.5) is 0 Å².